The maximum absolute atomic E-state index is 11.2. The molecule has 0 radical (unpaired) electrons. The molecule has 1 heteroatoms. The molecule has 66 valence electrons. The van der Waals surface area contributed by atoms with Gasteiger partial charge in [0.1, 0.15) is 0 Å². The van der Waals surface area contributed by atoms with Crippen LogP contribution in [0.1, 0.15) is 39.0 Å². The zero-order valence-corrected chi connectivity index (χ0v) is 7.68. The molecule has 1 saturated carbocycles. The molecular formula is C11H16O. The molecule has 1 unspecified atom stereocenters. The molecule has 2 atom stereocenters. The van der Waals surface area contributed by atoms with Crippen LogP contribution in [0.15, 0.2) is 12.2 Å². The quantitative estimate of drug-likeness (QED) is 0.538. The van der Waals surface area contributed by atoms with Gasteiger partial charge in [0.15, 0.2) is 5.78 Å². The van der Waals surface area contributed by atoms with Crippen molar-refractivity contribution in [2.24, 2.45) is 11.3 Å². The zero-order chi connectivity index (χ0) is 8.60. The van der Waals surface area contributed by atoms with Gasteiger partial charge in [-0.2, -0.15) is 0 Å². The van der Waals surface area contributed by atoms with Gasteiger partial charge in [0.25, 0.3) is 0 Å². The number of carbonyl (C=O) groups excluding carboxylic acids is 1. The lowest BCUT2D eigenvalue weighted by molar-refractivity contribution is -0.118. The maximum Gasteiger partial charge on any atom is 0.155 e. The van der Waals surface area contributed by atoms with Crippen molar-refractivity contribution in [3.8, 4) is 0 Å². The first kappa shape index (κ1) is 8.03. The third-order valence-electron chi connectivity index (χ3n) is 3.50. The SMILES string of the molecule is C[C@@]12CCCCC1C=CC(=O)C2. The van der Waals surface area contributed by atoms with E-state index >= 15 is 0 Å². The summed E-state index contributed by atoms with van der Waals surface area (Å²) in [5.41, 5.74) is 0.310. The second-order valence-corrected chi connectivity index (χ2v) is 4.51. The topological polar surface area (TPSA) is 17.1 Å². The van der Waals surface area contributed by atoms with Gasteiger partial charge in [-0.25, -0.2) is 0 Å². The number of allylic oxidation sites excluding steroid dienone is 2. The second-order valence-electron chi connectivity index (χ2n) is 4.51. The van der Waals surface area contributed by atoms with Crippen LogP contribution in [0.3, 0.4) is 0 Å². The van der Waals surface area contributed by atoms with Crippen LogP contribution < -0.4 is 0 Å². The molecule has 2 aliphatic carbocycles. The van der Waals surface area contributed by atoms with E-state index in [-0.39, 0.29) is 0 Å². The number of hydrogen-bond donors (Lipinski definition) is 0. The Bertz CT molecular complexity index is 229. The molecule has 1 nitrogen and oxygen atoms in total. The summed E-state index contributed by atoms with van der Waals surface area (Å²) in [6.45, 7) is 2.28. The van der Waals surface area contributed by atoms with E-state index in [0.717, 1.165) is 6.42 Å². The summed E-state index contributed by atoms with van der Waals surface area (Å²) in [5, 5.41) is 0. The van der Waals surface area contributed by atoms with Crippen molar-refractivity contribution in [2.45, 2.75) is 39.0 Å². The Hall–Kier alpha value is -0.590. The molecule has 2 aliphatic rings. The third kappa shape index (κ3) is 1.21. The average Bonchev–Trinajstić information content (AvgIpc) is 2.02. The van der Waals surface area contributed by atoms with Gasteiger partial charge in [-0.1, -0.05) is 25.8 Å². The molecule has 0 amide bonds. The molecule has 0 saturated heterocycles. The lowest BCUT2D eigenvalue weighted by atomic mass is 9.63. The van der Waals surface area contributed by atoms with Gasteiger partial charge >= 0.3 is 0 Å². The van der Waals surface area contributed by atoms with Crippen LogP contribution in [0.5, 0.6) is 0 Å². The Balaban J connectivity index is 2.23. The van der Waals surface area contributed by atoms with E-state index in [1.807, 2.05) is 0 Å². The van der Waals surface area contributed by atoms with Crippen molar-refractivity contribution in [1.82, 2.24) is 0 Å². The van der Waals surface area contributed by atoms with Gasteiger partial charge < -0.3 is 0 Å². The molecule has 0 aliphatic heterocycles. The highest BCUT2D eigenvalue weighted by molar-refractivity contribution is 5.91. The number of fused-ring (bicyclic) bond motifs is 1. The fourth-order valence-electron chi connectivity index (χ4n) is 2.66. The molecule has 12 heavy (non-hydrogen) atoms. The van der Waals surface area contributed by atoms with Crippen LogP contribution in [0, 0.1) is 11.3 Å². The Morgan fingerprint density at radius 2 is 2.33 bits per heavy atom. The second kappa shape index (κ2) is 2.72. The molecule has 0 aromatic heterocycles. The van der Waals surface area contributed by atoms with Crippen molar-refractivity contribution >= 4 is 5.78 Å². The van der Waals surface area contributed by atoms with E-state index in [1.54, 1.807) is 6.08 Å². The van der Waals surface area contributed by atoms with Crippen LogP contribution in [-0.2, 0) is 4.79 Å². The van der Waals surface area contributed by atoms with Crippen LogP contribution >= 0.6 is 0 Å². The van der Waals surface area contributed by atoms with Gasteiger partial charge in [-0.05, 0) is 30.3 Å². The van der Waals surface area contributed by atoms with Crippen molar-refractivity contribution in [3.63, 3.8) is 0 Å². The minimum Gasteiger partial charge on any atom is -0.295 e. The van der Waals surface area contributed by atoms with Crippen molar-refractivity contribution < 1.29 is 4.79 Å². The molecule has 0 bridgehead atoms. The predicted octanol–water partition coefficient (Wildman–Crippen LogP) is 2.71. The Morgan fingerprint density at radius 1 is 1.50 bits per heavy atom. The van der Waals surface area contributed by atoms with Gasteiger partial charge in [0, 0.05) is 6.42 Å². The Labute approximate surface area is 73.8 Å². The number of rotatable bonds is 0. The van der Waals surface area contributed by atoms with E-state index in [2.05, 4.69) is 13.0 Å². The van der Waals surface area contributed by atoms with Crippen molar-refractivity contribution in [1.29, 1.82) is 0 Å². The van der Waals surface area contributed by atoms with Crippen LogP contribution in [0.4, 0.5) is 0 Å². The average molecular weight is 164 g/mol. The molecule has 0 aromatic carbocycles. The molecule has 0 aromatic rings. The summed E-state index contributed by atoms with van der Waals surface area (Å²) in [7, 11) is 0. The Kier molecular flexibility index (Phi) is 1.82. The summed E-state index contributed by atoms with van der Waals surface area (Å²) < 4.78 is 0. The molecule has 2 rings (SSSR count). The highest BCUT2D eigenvalue weighted by Gasteiger charge is 2.38. The number of hydrogen-bond acceptors (Lipinski definition) is 1. The monoisotopic (exact) mass is 164 g/mol. The van der Waals surface area contributed by atoms with E-state index in [4.69, 9.17) is 0 Å². The first-order chi connectivity index (χ1) is 5.71. The molecular weight excluding hydrogens is 148 g/mol. The largest absolute Gasteiger partial charge is 0.295 e. The minimum absolute atomic E-state index is 0.310. The minimum atomic E-state index is 0.310. The van der Waals surface area contributed by atoms with Gasteiger partial charge in [0.05, 0.1) is 0 Å². The van der Waals surface area contributed by atoms with Crippen LogP contribution in [0.2, 0.25) is 0 Å². The van der Waals surface area contributed by atoms with Crippen LogP contribution in [-0.4, -0.2) is 5.78 Å². The molecule has 0 spiro atoms. The summed E-state index contributed by atoms with van der Waals surface area (Å²) >= 11 is 0. The highest BCUT2D eigenvalue weighted by Crippen LogP contribution is 2.46. The van der Waals surface area contributed by atoms with E-state index in [1.165, 1.54) is 25.7 Å². The lowest BCUT2D eigenvalue weighted by Gasteiger charge is -2.41. The van der Waals surface area contributed by atoms with Gasteiger partial charge in [-0.15, -0.1) is 0 Å². The summed E-state index contributed by atoms with van der Waals surface area (Å²) in [6.07, 6.45) is 9.91. The number of carbonyl (C=O) groups is 1. The normalized spacial score (nSPS) is 41.1. The smallest absolute Gasteiger partial charge is 0.155 e. The number of ketones is 1. The van der Waals surface area contributed by atoms with Crippen molar-refractivity contribution in [2.75, 3.05) is 0 Å². The fourth-order valence-corrected chi connectivity index (χ4v) is 2.66. The predicted molar refractivity (Wildman–Crippen MR) is 48.8 cm³/mol. The standard InChI is InChI=1S/C11H16O/c1-11-7-3-2-4-9(11)5-6-10(12)8-11/h5-6,9H,2-4,7-8H2,1H3/t9?,11-/m0/s1. The van der Waals surface area contributed by atoms with E-state index in [0.29, 0.717) is 17.1 Å². The van der Waals surface area contributed by atoms with Crippen molar-refractivity contribution in [3.05, 3.63) is 12.2 Å². The summed E-state index contributed by atoms with van der Waals surface area (Å²) in [5.74, 6) is 1.01. The molecule has 0 heterocycles. The summed E-state index contributed by atoms with van der Waals surface area (Å²) in [6, 6.07) is 0. The van der Waals surface area contributed by atoms with Crippen LogP contribution in [0.25, 0.3) is 0 Å². The molecule has 1 fully saturated rings. The summed E-state index contributed by atoms with van der Waals surface area (Å²) in [4.78, 5) is 11.2. The highest BCUT2D eigenvalue weighted by atomic mass is 16.1. The Morgan fingerprint density at radius 3 is 3.17 bits per heavy atom. The molecule has 0 N–H and O–H groups in total. The van der Waals surface area contributed by atoms with E-state index in [9.17, 15) is 4.79 Å². The third-order valence-corrected chi connectivity index (χ3v) is 3.50. The first-order valence-electron chi connectivity index (χ1n) is 4.92. The van der Waals surface area contributed by atoms with E-state index < -0.39 is 0 Å². The van der Waals surface area contributed by atoms with Gasteiger partial charge in [-0.3, -0.25) is 4.79 Å². The maximum atomic E-state index is 11.2. The fraction of sp³-hybridized carbons (Fsp3) is 0.727. The first-order valence-corrected chi connectivity index (χ1v) is 4.92. The van der Waals surface area contributed by atoms with Gasteiger partial charge in [0.2, 0.25) is 0 Å². The lowest BCUT2D eigenvalue weighted by Crippen LogP contribution is -2.34. The zero-order valence-electron chi connectivity index (χ0n) is 7.68.